The predicted octanol–water partition coefficient (Wildman–Crippen LogP) is 2.83. The van der Waals surface area contributed by atoms with E-state index in [1.54, 1.807) is 11.3 Å². The first-order valence-corrected chi connectivity index (χ1v) is 10.6. The summed E-state index contributed by atoms with van der Waals surface area (Å²) in [4.78, 5) is 13.3. The molecule has 1 aliphatic rings. The van der Waals surface area contributed by atoms with Crippen molar-refractivity contribution in [1.29, 1.82) is 0 Å². The highest BCUT2D eigenvalue weighted by atomic mass is 127. The number of hydrogen-bond donors (Lipinski definition) is 2. The molecule has 1 saturated heterocycles. The topological polar surface area (TPSA) is 61.8 Å². The van der Waals surface area contributed by atoms with E-state index in [9.17, 15) is 0 Å². The molecule has 156 valence electrons. The predicted molar refractivity (Wildman–Crippen MR) is 126 cm³/mol. The van der Waals surface area contributed by atoms with Gasteiger partial charge in [0, 0.05) is 43.5 Å². The lowest BCUT2D eigenvalue weighted by molar-refractivity contribution is 0.00867. The van der Waals surface area contributed by atoms with E-state index in [0.29, 0.717) is 12.0 Å². The molecule has 6 nitrogen and oxygen atoms in total. The summed E-state index contributed by atoms with van der Waals surface area (Å²) in [6.07, 6.45) is 0.985. The summed E-state index contributed by atoms with van der Waals surface area (Å²) in [6.45, 7) is 17.1. The highest BCUT2D eigenvalue weighted by Crippen LogP contribution is 2.17. The molecule has 8 heteroatoms. The van der Waals surface area contributed by atoms with Crippen LogP contribution in [0, 0.1) is 19.8 Å². The summed E-state index contributed by atoms with van der Waals surface area (Å²) < 4.78 is 5.49. The maximum Gasteiger partial charge on any atom is 0.191 e. The fraction of sp³-hybridized carbons (Fsp3) is 0.789. The quantitative estimate of drug-likeness (QED) is 0.321. The van der Waals surface area contributed by atoms with Gasteiger partial charge in [0.1, 0.15) is 0 Å². The summed E-state index contributed by atoms with van der Waals surface area (Å²) >= 11 is 1.79. The van der Waals surface area contributed by atoms with Crippen molar-refractivity contribution in [2.45, 2.75) is 47.1 Å². The Bertz CT molecular complexity index is 572. The molecule has 0 aromatic carbocycles. The molecule has 1 aromatic rings. The maximum absolute atomic E-state index is 5.49. The first-order valence-electron chi connectivity index (χ1n) is 9.78. The third-order valence-electron chi connectivity index (χ3n) is 4.71. The van der Waals surface area contributed by atoms with E-state index in [0.717, 1.165) is 69.0 Å². The van der Waals surface area contributed by atoms with Crippen molar-refractivity contribution in [3.8, 4) is 0 Å². The molecule has 1 aromatic heterocycles. The van der Waals surface area contributed by atoms with Gasteiger partial charge in [-0.1, -0.05) is 13.8 Å². The van der Waals surface area contributed by atoms with Crippen LogP contribution in [-0.4, -0.2) is 67.8 Å². The molecule has 2 N–H and O–H groups in total. The zero-order chi connectivity index (χ0) is 18.9. The number of morpholine rings is 1. The number of thiazole rings is 1. The van der Waals surface area contributed by atoms with Crippen LogP contribution in [0.2, 0.25) is 0 Å². The van der Waals surface area contributed by atoms with E-state index < -0.39 is 0 Å². The molecule has 0 saturated carbocycles. The molecule has 0 aliphatic carbocycles. The molecule has 1 aliphatic heterocycles. The highest BCUT2D eigenvalue weighted by molar-refractivity contribution is 14.0. The zero-order valence-electron chi connectivity index (χ0n) is 17.4. The molecule has 0 amide bonds. The van der Waals surface area contributed by atoms with Crippen molar-refractivity contribution >= 4 is 41.3 Å². The molecular formula is C19H36IN5OS. The number of rotatable bonds is 8. The minimum absolute atomic E-state index is 0. The van der Waals surface area contributed by atoms with E-state index in [1.807, 2.05) is 0 Å². The van der Waals surface area contributed by atoms with Crippen molar-refractivity contribution in [3.05, 3.63) is 15.6 Å². The van der Waals surface area contributed by atoms with Crippen molar-refractivity contribution in [1.82, 2.24) is 20.5 Å². The van der Waals surface area contributed by atoms with Gasteiger partial charge in [0.25, 0.3) is 0 Å². The maximum atomic E-state index is 5.49. The van der Waals surface area contributed by atoms with Crippen molar-refractivity contribution in [2.75, 3.05) is 45.9 Å². The normalized spacial score (nSPS) is 16.9. The minimum Gasteiger partial charge on any atom is -0.379 e. The second-order valence-electron chi connectivity index (χ2n) is 7.10. The standard InChI is InChI=1S/C19H35N5OS.HI/c1-6-20-19(21-8-7-18-15(4)23-16(5)26-18)22-13-17(14(2)3)24-9-11-25-12-10-24;/h14,17H,6-13H2,1-5H3,(H2,20,21,22);1H. The van der Waals surface area contributed by atoms with Gasteiger partial charge in [0.2, 0.25) is 0 Å². The van der Waals surface area contributed by atoms with E-state index in [1.165, 1.54) is 4.88 Å². The largest absolute Gasteiger partial charge is 0.379 e. The van der Waals surface area contributed by atoms with Gasteiger partial charge >= 0.3 is 0 Å². The lowest BCUT2D eigenvalue weighted by Crippen LogP contribution is -2.48. The van der Waals surface area contributed by atoms with E-state index >= 15 is 0 Å². The first-order chi connectivity index (χ1) is 12.5. The Balaban J connectivity index is 0.00000364. The second kappa shape index (κ2) is 12.9. The first kappa shape index (κ1) is 24.6. The number of guanidine groups is 1. The van der Waals surface area contributed by atoms with Crippen LogP contribution in [0.4, 0.5) is 0 Å². The van der Waals surface area contributed by atoms with Gasteiger partial charge in [0.15, 0.2) is 5.96 Å². The Morgan fingerprint density at radius 2 is 1.96 bits per heavy atom. The average Bonchev–Trinajstić information content (AvgIpc) is 2.93. The Morgan fingerprint density at radius 3 is 2.52 bits per heavy atom. The minimum atomic E-state index is 0. The van der Waals surface area contributed by atoms with Crippen LogP contribution in [-0.2, 0) is 11.2 Å². The lowest BCUT2D eigenvalue weighted by Gasteiger charge is -2.36. The number of hydrogen-bond acceptors (Lipinski definition) is 5. The van der Waals surface area contributed by atoms with Crippen LogP contribution >= 0.6 is 35.3 Å². The molecule has 0 spiro atoms. The van der Waals surface area contributed by atoms with Gasteiger partial charge in [-0.3, -0.25) is 9.89 Å². The van der Waals surface area contributed by atoms with Crippen LogP contribution in [0.1, 0.15) is 36.3 Å². The lowest BCUT2D eigenvalue weighted by atomic mass is 10.0. The van der Waals surface area contributed by atoms with Crippen LogP contribution in [0.25, 0.3) is 0 Å². The van der Waals surface area contributed by atoms with Crippen molar-refractivity contribution in [2.24, 2.45) is 10.9 Å². The fourth-order valence-electron chi connectivity index (χ4n) is 3.28. The van der Waals surface area contributed by atoms with Gasteiger partial charge in [-0.05, 0) is 26.7 Å². The summed E-state index contributed by atoms with van der Waals surface area (Å²) in [5.41, 5.74) is 1.16. The number of aliphatic imine (C=N–C) groups is 1. The monoisotopic (exact) mass is 509 g/mol. The summed E-state index contributed by atoms with van der Waals surface area (Å²) in [7, 11) is 0. The number of ether oxygens (including phenoxy) is 1. The molecule has 1 atom stereocenters. The van der Waals surface area contributed by atoms with Crippen LogP contribution in [0.5, 0.6) is 0 Å². The number of nitrogens with zero attached hydrogens (tertiary/aromatic N) is 3. The molecule has 1 fully saturated rings. The van der Waals surface area contributed by atoms with Gasteiger partial charge in [-0.2, -0.15) is 0 Å². The molecule has 1 unspecified atom stereocenters. The number of aromatic nitrogens is 1. The molecule has 2 rings (SSSR count). The van der Waals surface area contributed by atoms with Gasteiger partial charge in [-0.25, -0.2) is 4.98 Å². The van der Waals surface area contributed by atoms with Gasteiger partial charge in [-0.15, -0.1) is 35.3 Å². The average molecular weight is 510 g/mol. The van der Waals surface area contributed by atoms with Gasteiger partial charge in [0.05, 0.1) is 30.5 Å². The Labute approximate surface area is 185 Å². The summed E-state index contributed by atoms with van der Waals surface area (Å²) in [5, 5.41) is 7.99. The second-order valence-corrected chi connectivity index (χ2v) is 8.39. The molecule has 27 heavy (non-hydrogen) atoms. The molecule has 0 radical (unpaired) electrons. The van der Waals surface area contributed by atoms with E-state index in [2.05, 4.69) is 55.1 Å². The van der Waals surface area contributed by atoms with E-state index in [4.69, 9.17) is 9.73 Å². The Hall–Kier alpha value is -0.450. The SMILES string of the molecule is CCNC(=NCC(C(C)C)N1CCOCC1)NCCc1sc(C)nc1C.I. The molecule has 0 bridgehead atoms. The van der Waals surface area contributed by atoms with Crippen LogP contribution in [0.15, 0.2) is 4.99 Å². The van der Waals surface area contributed by atoms with Crippen LogP contribution in [0.3, 0.4) is 0 Å². The summed E-state index contributed by atoms with van der Waals surface area (Å²) in [6, 6.07) is 0.459. The number of aryl methyl sites for hydroxylation is 2. The summed E-state index contributed by atoms with van der Waals surface area (Å²) in [5.74, 6) is 1.48. The Kier molecular flexibility index (Phi) is 11.7. The third kappa shape index (κ3) is 8.21. The number of nitrogens with one attached hydrogen (secondary N) is 2. The van der Waals surface area contributed by atoms with Crippen molar-refractivity contribution < 1.29 is 4.74 Å². The highest BCUT2D eigenvalue weighted by Gasteiger charge is 2.23. The third-order valence-corrected chi connectivity index (χ3v) is 5.84. The molecular weight excluding hydrogens is 473 g/mol. The van der Waals surface area contributed by atoms with E-state index in [-0.39, 0.29) is 24.0 Å². The zero-order valence-corrected chi connectivity index (χ0v) is 20.5. The number of halogens is 1. The van der Waals surface area contributed by atoms with Crippen molar-refractivity contribution in [3.63, 3.8) is 0 Å². The van der Waals surface area contributed by atoms with Crippen LogP contribution < -0.4 is 10.6 Å². The van der Waals surface area contributed by atoms with Gasteiger partial charge < -0.3 is 15.4 Å². The smallest absolute Gasteiger partial charge is 0.191 e. The Morgan fingerprint density at radius 1 is 1.26 bits per heavy atom. The fourth-order valence-corrected chi connectivity index (χ4v) is 4.22. The molecule has 2 heterocycles.